The number of hydrogen-bond acceptors (Lipinski definition) is 6. The van der Waals surface area contributed by atoms with Crippen molar-refractivity contribution < 1.29 is 4.52 Å². The van der Waals surface area contributed by atoms with Crippen molar-refractivity contribution in [2.24, 2.45) is 0 Å². The lowest BCUT2D eigenvalue weighted by Crippen LogP contribution is -2.44. The highest BCUT2D eigenvalue weighted by molar-refractivity contribution is 4.97. The molecule has 102 valence electrons. The van der Waals surface area contributed by atoms with Crippen LogP contribution in [0, 0.1) is 0 Å². The van der Waals surface area contributed by atoms with Crippen molar-refractivity contribution in [1.29, 1.82) is 0 Å². The molecule has 1 N–H and O–H groups in total. The van der Waals surface area contributed by atoms with Crippen molar-refractivity contribution in [1.82, 2.24) is 25.3 Å². The molecular formula is C12H23N5O. The van der Waals surface area contributed by atoms with Crippen molar-refractivity contribution in [3.63, 3.8) is 0 Å². The van der Waals surface area contributed by atoms with Gasteiger partial charge in [-0.25, -0.2) is 0 Å². The largest absolute Gasteiger partial charge is 0.338 e. The molecule has 6 heteroatoms. The smallest absolute Gasteiger partial charge is 0.240 e. The van der Waals surface area contributed by atoms with Crippen LogP contribution in [0.5, 0.6) is 0 Å². The molecule has 2 rings (SSSR count). The fraction of sp³-hybridized carbons (Fsp3) is 0.833. The highest BCUT2D eigenvalue weighted by atomic mass is 16.5. The van der Waals surface area contributed by atoms with Crippen molar-refractivity contribution in [3.8, 4) is 0 Å². The van der Waals surface area contributed by atoms with E-state index in [9.17, 15) is 0 Å². The van der Waals surface area contributed by atoms with Crippen LogP contribution in [0.1, 0.15) is 31.1 Å². The Morgan fingerprint density at radius 3 is 3.11 bits per heavy atom. The Bertz CT molecular complexity index is 367. The molecule has 0 radical (unpaired) electrons. The van der Waals surface area contributed by atoms with E-state index in [0.717, 1.165) is 45.0 Å². The van der Waals surface area contributed by atoms with E-state index in [4.69, 9.17) is 4.52 Å². The van der Waals surface area contributed by atoms with Gasteiger partial charge in [-0.15, -0.1) is 0 Å². The summed E-state index contributed by atoms with van der Waals surface area (Å²) in [5.41, 5.74) is 0. The van der Waals surface area contributed by atoms with E-state index < -0.39 is 0 Å². The molecule has 0 spiro atoms. The van der Waals surface area contributed by atoms with Gasteiger partial charge >= 0.3 is 0 Å². The first-order chi connectivity index (χ1) is 8.70. The second-order valence-corrected chi connectivity index (χ2v) is 4.98. The van der Waals surface area contributed by atoms with Gasteiger partial charge in [-0.05, 0) is 27.1 Å². The monoisotopic (exact) mass is 253 g/mol. The normalized spacial score (nSPS) is 21.7. The van der Waals surface area contributed by atoms with E-state index in [1.807, 2.05) is 0 Å². The average Bonchev–Trinajstić information content (AvgIpc) is 2.78. The number of aromatic nitrogens is 2. The molecule has 1 saturated heterocycles. The summed E-state index contributed by atoms with van der Waals surface area (Å²) in [6.45, 7) is 6.87. The zero-order chi connectivity index (χ0) is 13.0. The molecule has 6 nitrogen and oxygen atoms in total. The van der Waals surface area contributed by atoms with Crippen LogP contribution < -0.4 is 5.32 Å². The van der Waals surface area contributed by atoms with Gasteiger partial charge in [0.2, 0.25) is 5.89 Å². The summed E-state index contributed by atoms with van der Waals surface area (Å²) in [4.78, 5) is 8.96. The molecule has 1 atom stereocenters. The van der Waals surface area contributed by atoms with E-state index in [1.54, 1.807) is 0 Å². The number of rotatable bonds is 5. The van der Waals surface area contributed by atoms with Crippen LogP contribution in [0.2, 0.25) is 0 Å². The molecule has 1 unspecified atom stereocenters. The van der Waals surface area contributed by atoms with Gasteiger partial charge in [-0.2, -0.15) is 4.98 Å². The fourth-order valence-electron chi connectivity index (χ4n) is 2.25. The molecule has 1 fully saturated rings. The fourth-order valence-corrected chi connectivity index (χ4v) is 2.25. The maximum Gasteiger partial charge on any atom is 0.240 e. The van der Waals surface area contributed by atoms with Crippen LogP contribution in [-0.2, 0) is 6.54 Å². The van der Waals surface area contributed by atoms with Gasteiger partial charge in [0, 0.05) is 19.6 Å². The standard InChI is InChI=1S/C12H23N5O/c1-4-6-16(2)9-11-14-12(15-18-11)10-8-13-5-7-17(10)3/h10,13H,4-9H2,1-3H3. The zero-order valence-electron chi connectivity index (χ0n) is 11.5. The predicted octanol–water partition coefficient (Wildman–Crippen LogP) is 0.488. The number of nitrogens with zero attached hydrogens (tertiary/aromatic N) is 4. The third-order valence-electron chi connectivity index (χ3n) is 3.30. The summed E-state index contributed by atoms with van der Waals surface area (Å²) < 4.78 is 5.33. The third kappa shape index (κ3) is 3.28. The Labute approximate surface area is 108 Å². The SMILES string of the molecule is CCCN(C)Cc1nc(C2CNCCN2C)no1. The molecule has 0 saturated carbocycles. The molecule has 0 amide bonds. The minimum Gasteiger partial charge on any atom is -0.338 e. The first-order valence-electron chi connectivity index (χ1n) is 6.62. The highest BCUT2D eigenvalue weighted by Crippen LogP contribution is 2.17. The van der Waals surface area contributed by atoms with Crippen molar-refractivity contribution >= 4 is 0 Å². The molecule has 1 aromatic heterocycles. The molecule has 0 aliphatic carbocycles. The molecule has 18 heavy (non-hydrogen) atoms. The average molecular weight is 253 g/mol. The Morgan fingerprint density at radius 1 is 1.56 bits per heavy atom. The van der Waals surface area contributed by atoms with E-state index in [1.165, 1.54) is 0 Å². The van der Waals surface area contributed by atoms with Gasteiger partial charge in [0.05, 0.1) is 12.6 Å². The van der Waals surface area contributed by atoms with E-state index in [2.05, 4.69) is 46.3 Å². The van der Waals surface area contributed by atoms with Gasteiger partial charge in [0.1, 0.15) is 0 Å². The van der Waals surface area contributed by atoms with Gasteiger partial charge in [-0.1, -0.05) is 12.1 Å². The van der Waals surface area contributed by atoms with Gasteiger partial charge in [0.15, 0.2) is 5.82 Å². The van der Waals surface area contributed by atoms with E-state index in [0.29, 0.717) is 5.89 Å². The Kier molecular flexibility index (Phi) is 4.68. The van der Waals surface area contributed by atoms with Crippen LogP contribution in [0.3, 0.4) is 0 Å². The van der Waals surface area contributed by atoms with Crippen LogP contribution in [-0.4, -0.2) is 60.2 Å². The summed E-state index contributed by atoms with van der Waals surface area (Å²) in [6.07, 6.45) is 1.13. The Morgan fingerprint density at radius 2 is 2.39 bits per heavy atom. The Hall–Kier alpha value is -0.980. The first-order valence-corrected chi connectivity index (χ1v) is 6.62. The van der Waals surface area contributed by atoms with Crippen LogP contribution in [0.15, 0.2) is 4.52 Å². The maximum atomic E-state index is 5.33. The topological polar surface area (TPSA) is 57.4 Å². The van der Waals surface area contributed by atoms with E-state index in [-0.39, 0.29) is 6.04 Å². The molecule has 2 heterocycles. The minimum absolute atomic E-state index is 0.229. The zero-order valence-corrected chi connectivity index (χ0v) is 11.5. The lowest BCUT2D eigenvalue weighted by atomic mass is 10.2. The summed E-state index contributed by atoms with van der Waals surface area (Å²) in [6, 6.07) is 0.229. The quantitative estimate of drug-likeness (QED) is 0.824. The number of likely N-dealkylation sites (N-methyl/N-ethyl adjacent to an activating group) is 1. The first kappa shape index (κ1) is 13.5. The second-order valence-electron chi connectivity index (χ2n) is 4.98. The van der Waals surface area contributed by atoms with Gasteiger partial charge in [0.25, 0.3) is 0 Å². The highest BCUT2D eigenvalue weighted by Gasteiger charge is 2.25. The number of piperazine rings is 1. The third-order valence-corrected chi connectivity index (χ3v) is 3.30. The van der Waals surface area contributed by atoms with Gasteiger partial charge < -0.3 is 9.84 Å². The van der Waals surface area contributed by atoms with Gasteiger partial charge in [-0.3, -0.25) is 9.80 Å². The second kappa shape index (κ2) is 6.26. The van der Waals surface area contributed by atoms with E-state index >= 15 is 0 Å². The molecule has 0 bridgehead atoms. The number of nitrogens with one attached hydrogen (secondary N) is 1. The molecule has 1 aromatic rings. The molecular weight excluding hydrogens is 230 g/mol. The van der Waals surface area contributed by atoms with Crippen LogP contribution >= 0.6 is 0 Å². The Balaban J connectivity index is 1.96. The molecule has 0 aromatic carbocycles. The predicted molar refractivity (Wildman–Crippen MR) is 69.2 cm³/mol. The van der Waals surface area contributed by atoms with Crippen molar-refractivity contribution in [2.75, 3.05) is 40.3 Å². The molecule has 1 aliphatic heterocycles. The lowest BCUT2D eigenvalue weighted by Gasteiger charge is -2.30. The van der Waals surface area contributed by atoms with Crippen molar-refractivity contribution in [2.45, 2.75) is 25.9 Å². The maximum absolute atomic E-state index is 5.33. The lowest BCUT2D eigenvalue weighted by molar-refractivity contribution is 0.190. The van der Waals surface area contributed by atoms with Crippen molar-refractivity contribution in [3.05, 3.63) is 11.7 Å². The van der Waals surface area contributed by atoms with Crippen LogP contribution in [0.4, 0.5) is 0 Å². The summed E-state index contributed by atoms with van der Waals surface area (Å²) >= 11 is 0. The minimum atomic E-state index is 0.229. The van der Waals surface area contributed by atoms with Crippen LogP contribution in [0.25, 0.3) is 0 Å². The molecule has 1 aliphatic rings. The summed E-state index contributed by atoms with van der Waals surface area (Å²) in [7, 11) is 4.17. The summed E-state index contributed by atoms with van der Waals surface area (Å²) in [5, 5.41) is 7.47. The number of hydrogen-bond donors (Lipinski definition) is 1. The summed E-state index contributed by atoms with van der Waals surface area (Å²) in [5.74, 6) is 1.50.